The van der Waals surface area contributed by atoms with Gasteiger partial charge in [0.25, 0.3) is 0 Å². The fraction of sp³-hybridized carbons (Fsp3) is 0.792. The molecule has 0 aliphatic carbocycles. The smallest absolute Gasteiger partial charge is 0.302 e. The van der Waals surface area contributed by atoms with Crippen molar-refractivity contribution in [2.45, 2.75) is 90.6 Å². The number of Topliss-reactive ketones (excluding diaryl/α,β-unsaturated/α-hetero) is 1. The number of esters is 1. The molecule has 0 bridgehead atoms. The van der Waals surface area contributed by atoms with E-state index in [-0.39, 0.29) is 30.0 Å². The molecule has 7 nitrogen and oxygen atoms in total. The fourth-order valence-corrected chi connectivity index (χ4v) is 4.19. The number of hydrogen-bond donors (Lipinski definition) is 0. The fourth-order valence-electron chi connectivity index (χ4n) is 4.19. The van der Waals surface area contributed by atoms with Crippen molar-refractivity contribution in [3.8, 4) is 0 Å². The van der Waals surface area contributed by atoms with Crippen LogP contribution in [0.5, 0.6) is 0 Å². The standard InChI is InChI=1S/C24H40O7/c1-17(2)21(27)15-22(31-19(4)26)18(3)9-8-12-23(5)24(28-6,29-7)13-10-20(11-14-25)16-30-23/h11,14,17-18,22H,8-10,12-13,15-16H2,1-7H3/t18?,22?,23-/m0/s1. The number of aldehydes is 1. The molecule has 2 unspecified atom stereocenters. The minimum atomic E-state index is -0.933. The summed E-state index contributed by atoms with van der Waals surface area (Å²) < 4.78 is 23.3. The Hall–Kier alpha value is -1.57. The van der Waals surface area contributed by atoms with Gasteiger partial charge in [0.1, 0.15) is 23.8 Å². The van der Waals surface area contributed by atoms with Crippen molar-refractivity contribution in [3.63, 3.8) is 0 Å². The minimum Gasteiger partial charge on any atom is -0.462 e. The molecular formula is C24H40O7. The van der Waals surface area contributed by atoms with Crippen LogP contribution in [0.2, 0.25) is 0 Å². The Labute approximate surface area is 186 Å². The molecule has 1 rings (SSSR count). The van der Waals surface area contributed by atoms with E-state index in [4.69, 9.17) is 18.9 Å². The lowest BCUT2D eigenvalue weighted by atomic mass is 9.83. The second-order valence-electron chi connectivity index (χ2n) is 8.98. The summed E-state index contributed by atoms with van der Waals surface area (Å²) in [5, 5.41) is 0. The maximum Gasteiger partial charge on any atom is 0.302 e. The van der Waals surface area contributed by atoms with E-state index in [1.807, 2.05) is 27.7 Å². The van der Waals surface area contributed by atoms with E-state index in [9.17, 15) is 14.4 Å². The Morgan fingerprint density at radius 2 is 1.84 bits per heavy atom. The first-order valence-electron chi connectivity index (χ1n) is 11.1. The Kier molecular flexibility index (Phi) is 11.0. The molecule has 0 amide bonds. The minimum absolute atomic E-state index is 0.0194. The predicted molar refractivity (Wildman–Crippen MR) is 118 cm³/mol. The molecule has 1 heterocycles. The van der Waals surface area contributed by atoms with Gasteiger partial charge in [-0.2, -0.15) is 0 Å². The molecule has 0 radical (unpaired) electrons. The first kappa shape index (κ1) is 27.5. The van der Waals surface area contributed by atoms with Crippen LogP contribution < -0.4 is 0 Å². The van der Waals surface area contributed by atoms with E-state index in [1.54, 1.807) is 20.3 Å². The highest BCUT2D eigenvalue weighted by Crippen LogP contribution is 2.42. The van der Waals surface area contributed by atoms with Crippen molar-refractivity contribution in [2.24, 2.45) is 11.8 Å². The van der Waals surface area contributed by atoms with Crippen molar-refractivity contribution in [1.82, 2.24) is 0 Å². The van der Waals surface area contributed by atoms with Gasteiger partial charge in [-0.1, -0.05) is 20.8 Å². The highest BCUT2D eigenvalue weighted by atomic mass is 16.7. The van der Waals surface area contributed by atoms with Gasteiger partial charge in [0.05, 0.1) is 6.61 Å². The van der Waals surface area contributed by atoms with Crippen molar-refractivity contribution >= 4 is 18.0 Å². The molecule has 7 heteroatoms. The number of allylic oxidation sites excluding steroid dienone is 1. The summed E-state index contributed by atoms with van der Waals surface area (Å²) in [6.45, 7) is 9.39. The van der Waals surface area contributed by atoms with Gasteiger partial charge in [0.15, 0.2) is 5.79 Å². The summed E-state index contributed by atoms with van der Waals surface area (Å²) in [4.78, 5) is 34.7. The number of ketones is 1. The molecule has 1 aliphatic rings. The lowest BCUT2D eigenvalue weighted by Crippen LogP contribution is -2.55. The maximum atomic E-state index is 12.2. The Morgan fingerprint density at radius 1 is 1.19 bits per heavy atom. The molecule has 0 N–H and O–H groups in total. The monoisotopic (exact) mass is 440 g/mol. The number of hydrogen-bond acceptors (Lipinski definition) is 7. The molecule has 3 atom stereocenters. The summed E-state index contributed by atoms with van der Waals surface area (Å²) in [5.41, 5.74) is 0.187. The lowest BCUT2D eigenvalue weighted by Gasteiger charge is -2.45. The first-order valence-corrected chi connectivity index (χ1v) is 11.1. The molecule has 0 aromatic rings. The van der Waals surface area contributed by atoms with Crippen molar-refractivity contribution in [1.29, 1.82) is 0 Å². The summed E-state index contributed by atoms with van der Waals surface area (Å²) in [7, 11) is 3.22. The van der Waals surface area contributed by atoms with Gasteiger partial charge >= 0.3 is 5.97 Å². The predicted octanol–water partition coefficient (Wildman–Crippen LogP) is 4.02. The van der Waals surface area contributed by atoms with Crippen LogP contribution in [0.25, 0.3) is 0 Å². The van der Waals surface area contributed by atoms with Crippen molar-refractivity contribution in [3.05, 3.63) is 11.6 Å². The first-order chi connectivity index (χ1) is 14.5. The van der Waals surface area contributed by atoms with E-state index in [0.29, 0.717) is 25.9 Å². The third-order valence-corrected chi connectivity index (χ3v) is 6.43. The lowest BCUT2D eigenvalue weighted by molar-refractivity contribution is -0.307. The topological polar surface area (TPSA) is 88.1 Å². The SMILES string of the molecule is COC1(OC)CCC(=CC=O)CO[C@@]1(C)CCCC(C)C(CC(=O)C(C)C)OC(C)=O. The van der Waals surface area contributed by atoms with Crippen LogP contribution in [0.15, 0.2) is 11.6 Å². The number of ether oxygens (including phenoxy) is 4. The van der Waals surface area contributed by atoms with Gasteiger partial charge in [-0.25, -0.2) is 0 Å². The zero-order chi connectivity index (χ0) is 23.7. The average molecular weight is 441 g/mol. The van der Waals surface area contributed by atoms with Crippen LogP contribution in [-0.2, 0) is 33.3 Å². The van der Waals surface area contributed by atoms with Crippen LogP contribution in [0.4, 0.5) is 0 Å². The van der Waals surface area contributed by atoms with E-state index in [1.165, 1.54) is 6.92 Å². The van der Waals surface area contributed by atoms with Gasteiger partial charge in [0, 0.05) is 39.9 Å². The zero-order valence-electron chi connectivity index (χ0n) is 20.2. The Balaban J connectivity index is 2.88. The Bertz CT molecular complexity index is 636. The molecule has 0 aromatic heterocycles. The number of methoxy groups -OCH3 is 2. The largest absolute Gasteiger partial charge is 0.462 e. The van der Waals surface area contributed by atoms with Crippen LogP contribution in [-0.4, -0.2) is 56.4 Å². The second-order valence-corrected chi connectivity index (χ2v) is 8.98. The second kappa shape index (κ2) is 12.5. The maximum absolute atomic E-state index is 12.2. The van der Waals surface area contributed by atoms with Crippen molar-refractivity contribution < 1.29 is 33.3 Å². The van der Waals surface area contributed by atoms with E-state index >= 15 is 0 Å². The van der Waals surface area contributed by atoms with Crippen LogP contribution in [0.3, 0.4) is 0 Å². The average Bonchev–Trinajstić information content (AvgIpc) is 2.84. The van der Waals surface area contributed by atoms with Gasteiger partial charge < -0.3 is 18.9 Å². The van der Waals surface area contributed by atoms with Gasteiger partial charge in [0.2, 0.25) is 0 Å². The number of carbonyl (C=O) groups excluding carboxylic acids is 3. The summed E-state index contributed by atoms with van der Waals surface area (Å²) in [5.74, 6) is -1.30. The molecular weight excluding hydrogens is 400 g/mol. The quantitative estimate of drug-likeness (QED) is 0.196. The van der Waals surface area contributed by atoms with Crippen LogP contribution in [0, 0.1) is 11.8 Å². The molecule has 0 aromatic carbocycles. The molecule has 0 spiro atoms. The van der Waals surface area contributed by atoms with Gasteiger partial charge in [-0.05, 0) is 50.2 Å². The van der Waals surface area contributed by atoms with E-state index < -0.39 is 17.5 Å². The van der Waals surface area contributed by atoms with Gasteiger partial charge in [-0.15, -0.1) is 0 Å². The zero-order valence-corrected chi connectivity index (χ0v) is 20.2. The summed E-state index contributed by atoms with van der Waals surface area (Å²) in [6.07, 6.45) is 5.51. The van der Waals surface area contributed by atoms with Crippen LogP contribution in [0.1, 0.15) is 73.1 Å². The molecule has 1 saturated heterocycles. The van der Waals surface area contributed by atoms with E-state index in [0.717, 1.165) is 24.7 Å². The molecule has 178 valence electrons. The van der Waals surface area contributed by atoms with Gasteiger partial charge in [-0.3, -0.25) is 14.4 Å². The summed E-state index contributed by atoms with van der Waals surface area (Å²) >= 11 is 0. The molecule has 1 aliphatic heterocycles. The van der Waals surface area contributed by atoms with Crippen LogP contribution >= 0.6 is 0 Å². The molecule has 0 saturated carbocycles. The van der Waals surface area contributed by atoms with Crippen molar-refractivity contribution in [2.75, 3.05) is 20.8 Å². The van der Waals surface area contributed by atoms with E-state index in [2.05, 4.69) is 0 Å². The Morgan fingerprint density at radius 3 is 2.35 bits per heavy atom. The normalized spacial score (nSPS) is 24.5. The third-order valence-electron chi connectivity index (χ3n) is 6.43. The highest BCUT2D eigenvalue weighted by Gasteiger charge is 2.51. The molecule has 1 fully saturated rings. The highest BCUT2D eigenvalue weighted by molar-refractivity contribution is 5.81. The summed E-state index contributed by atoms with van der Waals surface area (Å²) in [6, 6.07) is 0. The third kappa shape index (κ3) is 7.51. The number of rotatable bonds is 12. The molecule has 31 heavy (non-hydrogen) atoms. The number of carbonyl (C=O) groups is 3.